The summed E-state index contributed by atoms with van der Waals surface area (Å²) in [5.74, 6) is 2.17. The van der Waals surface area contributed by atoms with E-state index in [1.807, 2.05) is 13.0 Å². The van der Waals surface area contributed by atoms with Gasteiger partial charge >= 0.3 is 6.09 Å². The van der Waals surface area contributed by atoms with Crippen molar-refractivity contribution < 1.29 is 9.53 Å². The molecule has 0 bridgehead atoms. The zero-order valence-electron chi connectivity index (χ0n) is 13.5. The maximum atomic E-state index is 10.9. The third-order valence-corrected chi connectivity index (χ3v) is 4.76. The van der Waals surface area contributed by atoms with Crippen LogP contribution in [0.15, 0.2) is 16.7 Å². The zero-order chi connectivity index (χ0) is 16.8. The first kappa shape index (κ1) is 17.4. The number of imidazole rings is 1. The smallest absolute Gasteiger partial charge is 0.404 e. The summed E-state index contributed by atoms with van der Waals surface area (Å²) >= 11 is 1.67. The number of amides is 1. The van der Waals surface area contributed by atoms with Gasteiger partial charge in [0.2, 0.25) is 0 Å². The highest BCUT2D eigenvalue weighted by Gasteiger charge is 2.26. The fourth-order valence-electron chi connectivity index (χ4n) is 2.29. The normalized spacial score (nSPS) is 14.6. The fraction of sp³-hybridized carbons (Fsp3) is 0.562. The molecule has 1 aliphatic rings. The predicted molar refractivity (Wildman–Crippen MR) is 88.8 cm³/mol. The maximum Gasteiger partial charge on any atom is 0.404 e. The average Bonchev–Trinajstić information content (AvgIpc) is 3.27. The van der Waals surface area contributed by atoms with E-state index in [0.717, 1.165) is 41.2 Å². The number of nitrogens with two attached hydrogens (primary N) is 1. The van der Waals surface area contributed by atoms with Crippen molar-refractivity contribution in [1.82, 2.24) is 9.55 Å². The largest absolute Gasteiger partial charge is 0.442 e. The lowest BCUT2D eigenvalue weighted by Crippen LogP contribution is -2.15. The third kappa shape index (κ3) is 5.03. The van der Waals surface area contributed by atoms with Gasteiger partial charge in [-0.05, 0) is 39.0 Å². The minimum atomic E-state index is -0.791. The Morgan fingerprint density at radius 3 is 2.91 bits per heavy atom. The van der Waals surface area contributed by atoms with E-state index in [1.165, 1.54) is 12.8 Å². The first-order valence-electron chi connectivity index (χ1n) is 7.75. The summed E-state index contributed by atoms with van der Waals surface area (Å²) in [6.45, 7) is 4.68. The Morgan fingerprint density at radius 2 is 2.35 bits per heavy atom. The van der Waals surface area contributed by atoms with Gasteiger partial charge in [-0.2, -0.15) is 5.26 Å². The molecule has 7 heteroatoms. The molecule has 1 heterocycles. The van der Waals surface area contributed by atoms with Crippen molar-refractivity contribution >= 4 is 17.9 Å². The number of carbonyl (C=O) groups excluding carboxylic acids is 1. The Balaban J connectivity index is 2.20. The third-order valence-electron chi connectivity index (χ3n) is 3.69. The first-order chi connectivity index (χ1) is 11.0. The number of nitrogens with zero attached hydrogens (tertiary/aromatic N) is 3. The molecule has 23 heavy (non-hydrogen) atoms. The van der Waals surface area contributed by atoms with Crippen LogP contribution in [0.1, 0.15) is 38.2 Å². The van der Waals surface area contributed by atoms with E-state index in [2.05, 4.69) is 15.6 Å². The van der Waals surface area contributed by atoms with E-state index >= 15 is 0 Å². The van der Waals surface area contributed by atoms with Crippen LogP contribution in [0.2, 0.25) is 0 Å². The van der Waals surface area contributed by atoms with Crippen LogP contribution in [-0.4, -0.2) is 21.4 Å². The average molecular weight is 334 g/mol. The van der Waals surface area contributed by atoms with E-state index in [9.17, 15) is 4.79 Å². The number of allylic oxidation sites excluding steroid dienone is 1. The molecule has 1 aromatic heterocycles. The summed E-state index contributed by atoms with van der Waals surface area (Å²) in [7, 11) is 0. The number of rotatable bonds is 8. The van der Waals surface area contributed by atoms with Gasteiger partial charge in [-0.3, -0.25) is 0 Å². The molecule has 0 aliphatic heterocycles. The van der Waals surface area contributed by atoms with Crippen LogP contribution < -0.4 is 5.73 Å². The van der Waals surface area contributed by atoms with Gasteiger partial charge < -0.3 is 15.0 Å². The van der Waals surface area contributed by atoms with Crippen LogP contribution in [0.3, 0.4) is 0 Å². The molecular weight excluding hydrogens is 312 g/mol. The van der Waals surface area contributed by atoms with Crippen LogP contribution in [0.4, 0.5) is 4.79 Å². The van der Waals surface area contributed by atoms with Crippen LogP contribution >= 0.6 is 11.8 Å². The molecule has 1 saturated carbocycles. The van der Waals surface area contributed by atoms with Gasteiger partial charge in [-0.1, -0.05) is 6.08 Å². The Kier molecular flexibility index (Phi) is 6.11. The molecule has 0 radical (unpaired) electrons. The minimum absolute atomic E-state index is 0.0917. The van der Waals surface area contributed by atoms with Crippen LogP contribution in [0.5, 0.6) is 0 Å². The lowest BCUT2D eigenvalue weighted by Gasteiger charge is -2.09. The second-order valence-corrected chi connectivity index (χ2v) is 6.60. The van der Waals surface area contributed by atoms with Crippen LogP contribution in [0, 0.1) is 17.2 Å². The molecule has 1 amide bonds. The van der Waals surface area contributed by atoms with Gasteiger partial charge in [0.1, 0.15) is 5.82 Å². The van der Waals surface area contributed by atoms with Crippen LogP contribution in [0.25, 0.3) is 0 Å². The Morgan fingerprint density at radius 1 is 1.61 bits per heavy atom. The highest BCUT2D eigenvalue weighted by atomic mass is 32.2. The van der Waals surface area contributed by atoms with Gasteiger partial charge in [-0.25, -0.2) is 9.78 Å². The van der Waals surface area contributed by atoms with Gasteiger partial charge in [0.05, 0.1) is 16.8 Å². The lowest BCUT2D eigenvalue weighted by atomic mass is 10.2. The summed E-state index contributed by atoms with van der Waals surface area (Å²) in [6, 6.07) is 2.13. The first-order valence-corrected chi connectivity index (χ1v) is 8.73. The number of ether oxygens (including phenoxy) is 1. The number of nitriles is 1. The Labute approximate surface area is 140 Å². The molecule has 2 N–H and O–H groups in total. The molecule has 0 unspecified atom stereocenters. The highest BCUT2D eigenvalue weighted by molar-refractivity contribution is 7.99. The van der Waals surface area contributed by atoms with Crippen molar-refractivity contribution in [2.45, 2.75) is 51.3 Å². The molecular formula is C16H22N4O2S. The van der Waals surface area contributed by atoms with Gasteiger partial charge in [0, 0.05) is 17.9 Å². The summed E-state index contributed by atoms with van der Waals surface area (Å²) < 4.78 is 6.98. The second kappa shape index (κ2) is 8.06. The molecule has 6 nitrogen and oxygen atoms in total. The standard InChI is InChI=1S/C16H22N4O2S/c1-3-20-14(10-22-16(18)21)19-13(8-12-4-5-12)15(20)23-7-6-11(2)9-17/h6,12H,3-5,7-8,10H2,1-2H3,(H2,18,21)/b11-6+. The zero-order valence-corrected chi connectivity index (χ0v) is 14.4. The second-order valence-electron chi connectivity index (χ2n) is 5.59. The Bertz CT molecular complexity index is 641. The highest BCUT2D eigenvalue weighted by Crippen LogP contribution is 2.36. The van der Waals surface area contributed by atoms with E-state index < -0.39 is 6.09 Å². The van der Waals surface area contributed by atoms with Gasteiger partial charge in [-0.15, -0.1) is 11.8 Å². The molecule has 1 aromatic rings. The van der Waals surface area contributed by atoms with E-state index in [4.69, 9.17) is 15.7 Å². The monoisotopic (exact) mass is 334 g/mol. The molecule has 0 aromatic carbocycles. The lowest BCUT2D eigenvalue weighted by molar-refractivity contribution is 0.145. The summed E-state index contributed by atoms with van der Waals surface area (Å²) in [4.78, 5) is 15.5. The van der Waals surface area contributed by atoms with Crippen molar-refractivity contribution in [3.8, 4) is 6.07 Å². The molecule has 0 atom stereocenters. The number of primary amides is 1. The summed E-state index contributed by atoms with van der Waals surface area (Å²) in [5.41, 5.74) is 6.82. The van der Waals surface area contributed by atoms with Crippen molar-refractivity contribution in [3.63, 3.8) is 0 Å². The van der Waals surface area contributed by atoms with Gasteiger partial charge in [0.15, 0.2) is 6.61 Å². The number of carbonyl (C=O) groups is 1. The van der Waals surface area contributed by atoms with Crippen molar-refractivity contribution in [2.24, 2.45) is 11.7 Å². The van der Waals surface area contributed by atoms with Gasteiger partial charge in [0.25, 0.3) is 0 Å². The fourth-order valence-corrected chi connectivity index (χ4v) is 3.47. The summed E-state index contributed by atoms with van der Waals surface area (Å²) in [5, 5.41) is 9.94. The number of hydrogen-bond donors (Lipinski definition) is 1. The predicted octanol–water partition coefficient (Wildman–Crippen LogP) is 3.01. The molecule has 1 fully saturated rings. The molecule has 124 valence electrons. The SMILES string of the molecule is CCn1c(COC(N)=O)nc(CC2CC2)c1SC/C=C(\C)C#N. The topological polar surface area (TPSA) is 93.9 Å². The summed E-state index contributed by atoms with van der Waals surface area (Å²) in [6.07, 6.45) is 4.59. The van der Waals surface area contributed by atoms with Crippen molar-refractivity contribution in [1.29, 1.82) is 5.26 Å². The number of aromatic nitrogens is 2. The molecule has 2 rings (SSSR count). The Hall–Kier alpha value is -1.94. The number of hydrogen-bond acceptors (Lipinski definition) is 5. The quantitative estimate of drug-likeness (QED) is 0.582. The van der Waals surface area contributed by atoms with Crippen molar-refractivity contribution in [2.75, 3.05) is 5.75 Å². The minimum Gasteiger partial charge on any atom is -0.442 e. The molecule has 0 spiro atoms. The van der Waals surface area contributed by atoms with Crippen molar-refractivity contribution in [3.05, 3.63) is 23.2 Å². The van der Waals surface area contributed by atoms with E-state index in [-0.39, 0.29) is 6.61 Å². The van der Waals surface area contributed by atoms with Crippen LogP contribution in [-0.2, 0) is 24.3 Å². The number of thioether (sulfide) groups is 1. The molecule has 0 saturated heterocycles. The molecule has 1 aliphatic carbocycles. The van der Waals surface area contributed by atoms with E-state index in [0.29, 0.717) is 5.57 Å². The maximum absolute atomic E-state index is 10.9. The van der Waals surface area contributed by atoms with E-state index in [1.54, 1.807) is 18.7 Å².